The lowest BCUT2D eigenvalue weighted by atomic mass is 10.0. The number of hydrogen-bond donors (Lipinski definition) is 3. The van der Waals surface area contributed by atoms with Gasteiger partial charge in [-0.2, -0.15) is 0 Å². The Morgan fingerprint density at radius 2 is 0.451 bits per heavy atom. The fourth-order valence-electron chi connectivity index (χ4n) is 12.9. The molecule has 0 rings (SSSR count). The SMILES string of the molecule is CCCCCCCCCCCCCCCCCCCCCCC(=O)O[C@H](COC(=O)CCCCCCCCCCCCCCCC(C)C)COP(=O)(O)OC[C@@H](O)COP(=O)(O)OC[C@@H](COC(=O)CCCCCCCCCC(C)C)OC(=O)CCCCCCCCCCCCCCCCCC. The lowest BCUT2D eigenvalue weighted by Gasteiger charge is -2.21. The number of carbonyl (C=O) groups excluding carboxylic acids is 4. The normalized spacial score (nSPS) is 13.9. The molecular weight excluding hydrogens is 1330 g/mol. The zero-order valence-electron chi connectivity index (χ0n) is 66.9. The molecule has 0 saturated heterocycles. The van der Waals surface area contributed by atoms with E-state index in [1.807, 2.05) is 0 Å². The maximum Gasteiger partial charge on any atom is 0.472 e. The molecule has 0 fully saturated rings. The number of ether oxygens (including phenoxy) is 4. The molecule has 3 N–H and O–H groups in total. The van der Waals surface area contributed by atoms with Gasteiger partial charge in [-0.1, -0.05) is 388 Å². The Morgan fingerprint density at radius 3 is 0.667 bits per heavy atom. The molecule has 0 amide bonds. The van der Waals surface area contributed by atoms with E-state index in [4.69, 9.17) is 37.0 Å². The van der Waals surface area contributed by atoms with Crippen LogP contribution in [0.3, 0.4) is 0 Å². The largest absolute Gasteiger partial charge is 0.472 e. The van der Waals surface area contributed by atoms with Crippen LogP contribution in [0.1, 0.15) is 440 Å². The van der Waals surface area contributed by atoms with Crippen LogP contribution >= 0.6 is 15.6 Å². The molecule has 0 heterocycles. The lowest BCUT2D eigenvalue weighted by Crippen LogP contribution is -2.30. The van der Waals surface area contributed by atoms with Crippen molar-refractivity contribution in [2.45, 2.75) is 458 Å². The summed E-state index contributed by atoms with van der Waals surface area (Å²) in [6.45, 7) is 9.62. The highest BCUT2D eigenvalue weighted by molar-refractivity contribution is 7.47. The number of aliphatic hydroxyl groups is 1. The van der Waals surface area contributed by atoms with E-state index in [-0.39, 0.29) is 25.7 Å². The van der Waals surface area contributed by atoms with Crippen LogP contribution in [0, 0.1) is 11.8 Å². The number of esters is 4. The zero-order chi connectivity index (χ0) is 74.9. The molecule has 102 heavy (non-hydrogen) atoms. The first kappa shape index (κ1) is 100. The summed E-state index contributed by atoms with van der Waals surface area (Å²) in [5.41, 5.74) is 0. The molecule has 0 aromatic carbocycles. The molecule has 0 aliphatic heterocycles. The predicted octanol–water partition coefficient (Wildman–Crippen LogP) is 25.1. The first-order valence-electron chi connectivity index (χ1n) is 43.0. The van der Waals surface area contributed by atoms with Crippen LogP contribution in [0.25, 0.3) is 0 Å². The van der Waals surface area contributed by atoms with Crippen molar-refractivity contribution >= 4 is 39.5 Å². The predicted molar refractivity (Wildman–Crippen MR) is 418 cm³/mol. The Bertz CT molecular complexity index is 1960. The van der Waals surface area contributed by atoms with Crippen LogP contribution in [0.15, 0.2) is 0 Å². The molecule has 5 atom stereocenters. The van der Waals surface area contributed by atoms with Crippen molar-refractivity contribution in [3.05, 3.63) is 0 Å². The van der Waals surface area contributed by atoms with Gasteiger partial charge in [-0.25, -0.2) is 9.13 Å². The number of rotatable bonds is 82. The van der Waals surface area contributed by atoms with Crippen molar-refractivity contribution in [1.29, 1.82) is 0 Å². The summed E-state index contributed by atoms with van der Waals surface area (Å²) >= 11 is 0. The van der Waals surface area contributed by atoms with E-state index in [1.165, 1.54) is 250 Å². The third-order valence-electron chi connectivity index (χ3n) is 19.5. The minimum Gasteiger partial charge on any atom is -0.462 e. The zero-order valence-corrected chi connectivity index (χ0v) is 68.7. The number of carbonyl (C=O) groups is 4. The summed E-state index contributed by atoms with van der Waals surface area (Å²) in [7, 11) is -9.92. The van der Waals surface area contributed by atoms with Crippen molar-refractivity contribution in [2.75, 3.05) is 39.6 Å². The Balaban J connectivity index is 5.23. The second-order valence-electron chi connectivity index (χ2n) is 30.8. The molecule has 0 aromatic heterocycles. The molecule has 0 radical (unpaired) electrons. The first-order valence-corrected chi connectivity index (χ1v) is 46.0. The third kappa shape index (κ3) is 76.3. The number of aliphatic hydroxyl groups excluding tert-OH is 1. The molecule has 2 unspecified atom stereocenters. The van der Waals surface area contributed by atoms with Gasteiger partial charge in [0.15, 0.2) is 12.2 Å². The topological polar surface area (TPSA) is 237 Å². The Labute approximate surface area is 626 Å². The molecule has 0 spiro atoms. The molecule has 17 nitrogen and oxygen atoms in total. The Hall–Kier alpha value is -1.94. The van der Waals surface area contributed by atoms with Gasteiger partial charge in [0, 0.05) is 25.7 Å². The van der Waals surface area contributed by atoms with E-state index >= 15 is 0 Å². The molecular formula is C83H162O17P2. The van der Waals surface area contributed by atoms with Crippen LogP contribution in [0.5, 0.6) is 0 Å². The summed E-state index contributed by atoms with van der Waals surface area (Å²) in [4.78, 5) is 73.1. The van der Waals surface area contributed by atoms with Gasteiger partial charge < -0.3 is 33.8 Å². The van der Waals surface area contributed by atoms with Crippen molar-refractivity contribution in [2.24, 2.45) is 11.8 Å². The van der Waals surface area contributed by atoms with Crippen LogP contribution in [-0.4, -0.2) is 96.7 Å². The van der Waals surface area contributed by atoms with Gasteiger partial charge >= 0.3 is 39.5 Å². The highest BCUT2D eigenvalue weighted by Crippen LogP contribution is 2.45. The minimum absolute atomic E-state index is 0.108. The van der Waals surface area contributed by atoms with Gasteiger partial charge in [-0.3, -0.25) is 37.3 Å². The summed E-state index contributed by atoms with van der Waals surface area (Å²) in [5, 5.41) is 10.7. The Kier molecular flexibility index (Phi) is 73.1. The minimum atomic E-state index is -4.96. The molecule has 0 bridgehead atoms. The van der Waals surface area contributed by atoms with Crippen molar-refractivity contribution in [3.8, 4) is 0 Å². The van der Waals surface area contributed by atoms with E-state index in [1.54, 1.807) is 0 Å². The molecule has 0 aromatic rings. The maximum atomic E-state index is 13.1. The highest BCUT2D eigenvalue weighted by atomic mass is 31.2. The van der Waals surface area contributed by atoms with E-state index in [2.05, 4.69) is 41.5 Å². The van der Waals surface area contributed by atoms with E-state index in [0.717, 1.165) is 102 Å². The van der Waals surface area contributed by atoms with Gasteiger partial charge in [0.05, 0.1) is 26.4 Å². The lowest BCUT2D eigenvalue weighted by molar-refractivity contribution is -0.161. The molecule has 0 saturated carbocycles. The van der Waals surface area contributed by atoms with E-state index in [0.29, 0.717) is 31.6 Å². The average molecular weight is 1490 g/mol. The first-order chi connectivity index (χ1) is 49.4. The van der Waals surface area contributed by atoms with Crippen molar-refractivity contribution < 1.29 is 80.2 Å². The summed E-state index contributed by atoms with van der Waals surface area (Å²) in [6, 6.07) is 0. The van der Waals surface area contributed by atoms with E-state index < -0.39 is 97.5 Å². The molecule has 606 valence electrons. The van der Waals surface area contributed by atoms with Crippen molar-refractivity contribution in [1.82, 2.24) is 0 Å². The van der Waals surface area contributed by atoms with Gasteiger partial charge in [0.1, 0.15) is 19.3 Å². The molecule has 0 aliphatic carbocycles. The summed E-state index contributed by atoms with van der Waals surface area (Å²) in [6.07, 6.45) is 65.3. The van der Waals surface area contributed by atoms with Crippen molar-refractivity contribution in [3.63, 3.8) is 0 Å². The summed E-state index contributed by atoms with van der Waals surface area (Å²) in [5.74, 6) is -0.610. The fraction of sp³-hybridized carbons (Fsp3) is 0.952. The van der Waals surface area contributed by atoms with Crippen LogP contribution in [0.2, 0.25) is 0 Å². The second kappa shape index (κ2) is 74.5. The number of phosphoric ester groups is 2. The van der Waals surface area contributed by atoms with Crippen LogP contribution in [-0.2, 0) is 65.4 Å². The van der Waals surface area contributed by atoms with Gasteiger partial charge in [0.25, 0.3) is 0 Å². The van der Waals surface area contributed by atoms with Crippen LogP contribution < -0.4 is 0 Å². The summed E-state index contributed by atoms with van der Waals surface area (Å²) < 4.78 is 68.8. The number of unbranched alkanes of at least 4 members (excludes halogenated alkanes) is 52. The standard InChI is InChI=1S/C83H162O17P2/c1-7-9-11-13-15-17-19-21-23-25-26-27-28-30-34-39-43-49-56-62-67-82(87)99-78(71-93-80(85)65-59-53-47-41-37-35-31-32-36-40-45-51-57-63-75(3)4)73-97-101(89,90)95-69-77(84)70-96-102(91,92)98-74-79(72-94-81(86)66-60-54-50-44-46-52-58-64-76(5)6)100-83(88)68-61-55-48-42-38-33-29-24-22-20-18-16-14-12-10-8-2/h75-79,84H,7-74H2,1-6H3,(H,89,90)(H,91,92)/t77-,78-,79-/m1/s1. The third-order valence-corrected chi connectivity index (χ3v) is 21.4. The fourth-order valence-corrected chi connectivity index (χ4v) is 14.5. The number of phosphoric acid groups is 2. The Morgan fingerprint density at radius 1 is 0.265 bits per heavy atom. The van der Waals surface area contributed by atoms with Crippen LogP contribution in [0.4, 0.5) is 0 Å². The molecule has 0 aliphatic rings. The van der Waals surface area contributed by atoms with E-state index in [9.17, 15) is 43.2 Å². The quantitative estimate of drug-likeness (QED) is 0.0222. The van der Waals surface area contributed by atoms with Gasteiger partial charge in [-0.15, -0.1) is 0 Å². The smallest absolute Gasteiger partial charge is 0.462 e. The number of hydrogen-bond acceptors (Lipinski definition) is 15. The highest BCUT2D eigenvalue weighted by Gasteiger charge is 2.30. The molecule has 19 heteroatoms. The monoisotopic (exact) mass is 1490 g/mol. The van der Waals surface area contributed by atoms with Gasteiger partial charge in [-0.05, 0) is 37.5 Å². The average Bonchev–Trinajstić information content (AvgIpc) is 0.948. The maximum absolute atomic E-state index is 13.1. The van der Waals surface area contributed by atoms with Gasteiger partial charge in [0.2, 0.25) is 0 Å². The second-order valence-corrected chi connectivity index (χ2v) is 33.7.